The van der Waals surface area contributed by atoms with Crippen LogP contribution in [-0.2, 0) is 12.0 Å². The molecule has 0 spiro atoms. The maximum absolute atomic E-state index is 4.80. The van der Waals surface area contributed by atoms with Gasteiger partial charge in [0.2, 0.25) is 0 Å². The summed E-state index contributed by atoms with van der Waals surface area (Å²) < 4.78 is 0. The Morgan fingerprint density at radius 3 is 2.75 bits per heavy atom. The number of nitrogens with one attached hydrogen (secondary N) is 1. The number of benzene rings is 1. The summed E-state index contributed by atoms with van der Waals surface area (Å²) in [4.78, 5) is 4.80. The van der Waals surface area contributed by atoms with Crippen LogP contribution in [0.15, 0.2) is 23.6 Å². The molecule has 1 aliphatic carbocycles. The predicted octanol–water partition coefficient (Wildman–Crippen LogP) is 3.95. The minimum Gasteiger partial charge on any atom is -0.299 e. The summed E-state index contributed by atoms with van der Waals surface area (Å²) in [6.45, 7) is 8.69. The van der Waals surface area contributed by atoms with Gasteiger partial charge in [0.25, 0.3) is 0 Å². The molecule has 1 aliphatic rings. The van der Waals surface area contributed by atoms with Gasteiger partial charge in [0.1, 0.15) is 5.01 Å². The molecule has 1 aromatic heterocycles. The Morgan fingerprint density at radius 1 is 1.30 bits per heavy atom. The molecule has 0 bridgehead atoms. The van der Waals surface area contributed by atoms with E-state index in [9.17, 15) is 0 Å². The van der Waals surface area contributed by atoms with Gasteiger partial charge < -0.3 is 0 Å². The van der Waals surface area contributed by atoms with Gasteiger partial charge in [0.15, 0.2) is 0 Å². The monoisotopic (exact) mass is 286 g/mol. The average Bonchev–Trinajstić information content (AvgIpc) is 2.95. The number of hydrogen-bond acceptors (Lipinski definition) is 3. The molecule has 3 heteroatoms. The van der Waals surface area contributed by atoms with Gasteiger partial charge in [-0.1, -0.05) is 23.8 Å². The van der Waals surface area contributed by atoms with Gasteiger partial charge in [-0.15, -0.1) is 11.3 Å². The summed E-state index contributed by atoms with van der Waals surface area (Å²) in [6, 6.07) is 7.28. The molecule has 0 fully saturated rings. The first-order chi connectivity index (χ1) is 9.51. The van der Waals surface area contributed by atoms with E-state index in [0.717, 1.165) is 18.5 Å². The van der Waals surface area contributed by atoms with Crippen molar-refractivity contribution in [1.29, 1.82) is 0 Å². The number of fused-ring (bicyclic) bond motifs is 1. The molecule has 0 amide bonds. The van der Waals surface area contributed by atoms with Crippen LogP contribution in [0.5, 0.6) is 0 Å². The standard InChI is InChI=1S/C17H22N2S/c1-11(2)19-17(16-18-13(4)10-20-16)8-7-14-6-5-12(3)9-15(14)17/h5-6,9-11,19H,7-8H2,1-4H3. The Hall–Kier alpha value is -1.19. The highest BCUT2D eigenvalue weighted by atomic mass is 32.1. The van der Waals surface area contributed by atoms with Gasteiger partial charge in [-0.25, -0.2) is 4.98 Å². The minimum atomic E-state index is -0.0888. The van der Waals surface area contributed by atoms with Crippen molar-refractivity contribution >= 4 is 11.3 Å². The van der Waals surface area contributed by atoms with E-state index in [-0.39, 0.29) is 5.54 Å². The summed E-state index contributed by atoms with van der Waals surface area (Å²) in [6.07, 6.45) is 2.24. The maximum Gasteiger partial charge on any atom is 0.118 e. The van der Waals surface area contributed by atoms with Crippen molar-refractivity contribution < 1.29 is 0 Å². The molecule has 20 heavy (non-hydrogen) atoms. The lowest BCUT2D eigenvalue weighted by atomic mass is 9.90. The van der Waals surface area contributed by atoms with Crippen LogP contribution in [0.4, 0.5) is 0 Å². The zero-order chi connectivity index (χ0) is 14.3. The third kappa shape index (κ3) is 2.19. The quantitative estimate of drug-likeness (QED) is 0.924. The van der Waals surface area contributed by atoms with E-state index in [0.29, 0.717) is 6.04 Å². The van der Waals surface area contributed by atoms with E-state index in [2.05, 4.69) is 56.6 Å². The van der Waals surface area contributed by atoms with Crippen LogP contribution in [0.3, 0.4) is 0 Å². The van der Waals surface area contributed by atoms with E-state index in [1.807, 2.05) is 0 Å². The van der Waals surface area contributed by atoms with E-state index in [1.54, 1.807) is 11.3 Å². The Bertz CT molecular complexity index is 630. The number of aromatic nitrogens is 1. The lowest BCUT2D eigenvalue weighted by Gasteiger charge is -2.32. The van der Waals surface area contributed by atoms with Crippen molar-refractivity contribution in [2.45, 2.75) is 52.1 Å². The Morgan fingerprint density at radius 2 is 2.10 bits per heavy atom. The molecule has 3 rings (SSSR count). The summed E-state index contributed by atoms with van der Waals surface area (Å²) in [5.74, 6) is 0. The topological polar surface area (TPSA) is 24.9 Å². The fraction of sp³-hybridized carbons (Fsp3) is 0.471. The number of thiazole rings is 1. The lowest BCUT2D eigenvalue weighted by molar-refractivity contribution is 0.361. The highest BCUT2D eigenvalue weighted by molar-refractivity contribution is 7.09. The SMILES string of the molecule is Cc1ccc2c(c1)C(NC(C)C)(c1nc(C)cs1)CC2. The zero-order valence-corrected chi connectivity index (χ0v) is 13.5. The van der Waals surface area contributed by atoms with E-state index < -0.39 is 0 Å². The second-order valence-electron chi connectivity index (χ2n) is 6.16. The summed E-state index contributed by atoms with van der Waals surface area (Å²) >= 11 is 1.78. The van der Waals surface area contributed by atoms with E-state index in [4.69, 9.17) is 4.98 Å². The summed E-state index contributed by atoms with van der Waals surface area (Å²) in [7, 11) is 0. The summed E-state index contributed by atoms with van der Waals surface area (Å²) in [5.41, 5.74) is 5.26. The largest absolute Gasteiger partial charge is 0.299 e. The van der Waals surface area contributed by atoms with Crippen molar-refractivity contribution in [2.24, 2.45) is 0 Å². The van der Waals surface area contributed by atoms with Gasteiger partial charge in [-0.05, 0) is 51.7 Å². The molecule has 106 valence electrons. The number of aryl methyl sites for hydroxylation is 3. The second kappa shape index (κ2) is 4.97. The highest BCUT2D eigenvalue weighted by Gasteiger charge is 2.42. The lowest BCUT2D eigenvalue weighted by Crippen LogP contribution is -2.45. The van der Waals surface area contributed by atoms with Crippen molar-refractivity contribution in [3.63, 3.8) is 0 Å². The second-order valence-corrected chi connectivity index (χ2v) is 7.02. The zero-order valence-electron chi connectivity index (χ0n) is 12.7. The fourth-order valence-electron chi connectivity index (χ4n) is 3.24. The molecule has 1 aromatic carbocycles. The molecule has 1 atom stereocenters. The van der Waals surface area contributed by atoms with Crippen LogP contribution in [0.2, 0.25) is 0 Å². The highest BCUT2D eigenvalue weighted by Crippen LogP contribution is 2.43. The first kappa shape index (κ1) is 13.8. The van der Waals surface area contributed by atoms with Crippen molar-refractivity contribution in [1.82, 2.24) is 10.3 Å². The first-order valence-electron chi connectivity index (χ1n) is 7.31. The average molecular weight is 286 g/mol. The van der Waals surface area contributed by atoms with Crippen molar-refractivity contribution in [2.75, 3.05) is 0 Å². The van der Waals surface area contributed by atoms with Crippen LogP contribution in [0.25, 0.3) is 0 Å². The maximum atomic E-state index is 4.80. The van der Waals surface area contributed by atoms with Gasteiger partial charge in [-0.2, -0.15) is 0 Å². The van der Waals surface area contributed by atoms with Gasteiger partial charge >= 0.3 is 0 Å². The Labute approximate surface area is 125 Å². The normalized spacial score (nSPS) is 21.4. The third-order valence-corrected chi connectivity index (χ3v) is 5.14. The fourth-order valence-corrected chi connectivity index (χ4v) is 4.24. The van der Waals surface area contributed by atoms with Crippen molar-refractivity contribution in [3.05, 3.63) is 51.0 Å². The molecular formula is C17H22N2S. The van der Waals surface area contributed by atoms with Gasteiger partial charge in [0.05, 0.1) is 5.54 Å². The van der Waals surface area contributed by atoms with Gasteiger partial charge in [-0.3, -0.25) is 5.32 Å². The molecule has 1 N–H and O–H groups in total. The molecule has 0 saturated heterocycles. The molecule has 2 nitrogen and oxygen atoms in total. The number of nitrogens with zero attached hydrogens (tertiary/aromatic N) is 1. The molecule has 1 unspecified atom stereocenters. The first-order valence-corrected chi connectivity index (χ1v) is 8.19. The predicted molar refractivity (Wildman–Crippen MR) is 85.4 cm³/mol. The van der Waals surface area contributed by atoms with Crippen LogP contribution >= 0.6 is 11.3 Å². The minimum absolute atomic E-state index is 0.0888. The molecular weight excluding hydrogens is 264 g/mol. The number of rotatable bonds is 3. The molecule has 2 aromatic rings. The van der Waals surface area contributed by atoms with Gasteiger partial charge in [0, 0.05) is 17.1 Å². The molecule has 0 saturated carbocycles. The number of hydrogen-bond donors (Lipinski definition) is 1. The smallest absolute Gasteiger partial charge is 0.118 e. The third-order valence-electron chi connectivity index (χ3n) is 4.01. The summed E-state index contributed by atoms with van der Waals surface area (Å²) in [5, 5.41) is 7.19. The molecule has 0 radical (unpaired) electrons. The van der Waals surface area contributed by atoms with E-state index >= 15 is 0 Å². The Balaban J connectivity index is 2.17. The van der Waals surface area contributed by atoms with E-state index in [1.165, 1.54) is 21.7 Å². The van der Waals surface area contributed by atoms with Crippen LogP contribution in [-0.4, -0.2) is 11.0 Å². The molecule has 0 aliphatic heterocycles. The van der Waals surface area contributed by atoms with Crippen LogP contribution in [0.1, 0.15) is 47.7 Å². The van der Waals surface area contributed by atoms with Crippen LogP contribution < -0.4 is 5.32 Å². The van der Waals surface area contributed by atoms with Crippen molar-refractivity contribution in [3.8, 4) is 0 Å². The van der Waals surface area contributed by atoms with Crippen LogP contribution in [0, 0.1) is 13.8 Å². The Kier molecular flexibility index (Phi) is 3.43. The molecule has 1 heterocycles.